The van der Waals surface area contributed by atoms with Gasteiger partial charge in [0.25, 0.3) is 5.91 Å². The summed E-state index contributed by atoms with van der Waals surface area (Å²) in [6.07, 6.45) is 6.69. The number of aryl methyl sites for hydroxylation is 3. The van der Waals surface area contributed by atoms with Crippen molar-refractivity contribution in [3.8, 4) is 17.3 Å². The van der Waals surface area contributed by atoms with Crippen molar-refractivity contribution in [1.29, 1.82) is 0 Å². The third kappa shape index (κ3) is 5.50. The summed E-state index contributed by atoms with van der Waals surface area (Å²) < 4.78 is 13.4. The van der Waals surface area contributed by atoms with Gasteiger partial charge in [0.05, 0.1) is 35.4 Å². The Labute approximate surface area is 233 Å². The molecular weight excluding hydrogens is 508 g/mol. The lowest BCUT2D eigenvalue weighted by molar-refractivity contribution is 0.102. The van der Waals surface area contributed by atoms with Crippen molar-refractivity contribution in [3.63, 3.8) is 0 Å². The third-order valence-electron chi connectivity index (χ3n) is 7.01. The van der Waals surface area contributed by atoms with Crippen LogP contribution in [0.2, 0.25) is 0 Å². The Kier molecular flexibility index (Phi) is 8.01. The van der Waals surface area contributed by atoms with Crippen LogP contribution in [-0.4, -0.2) is 69.9 Å². The number of nitrogens with zero attached hydrogens (tertiary/aromatic N) is 5. The van der Waals surface area contributed by atoms with Crippen LogP contribution in [0.25, 0.3) is 5.82 Å². The second-order valence-corrected chi connectivity index (χ2v) is 9.91. The molecule has 1 aliphatic rings. The second-order valence-electron chi connectivity index (χ2n) is 9.91. The van der Waals surface area contributed by atoms with Crippen LogP contribution < -0.4 is 20.1 Å². The van der Waals surface area contributed by atoms with Crippen molar-refractivity contribution in [3.05, 3.63) is 64.9 Å². The molecule has 1 aromatic carbocycles. The average Bonchev–Trinajstić information content (AvgIpc) is 3.57. The zero-order valence-electron chi connectivity index (χ0n) is 23.7. The summed E-state index contributed by atoms with van der Waals surface area (Å²) >= 11 is 0. The van der Waals surface area contributed by atoms with Gasteiger partial charge in [0.15, 0.2) is 0 Å². The summed E-state index contributed by atoms with van der Waals surface area (Å²) in [6.45, 7) is 5.46. The van der Waals surface area contributed by atoms with Crippen LogP contribution in [-0.2, 0) is 25.7 Å². The van der Waals surface area contributed by atoms with E-state index in [1.807, 2.05) is 69.2 Å². The lowest BCUT2D eigenvalue weighted by atomic mass is 10.0. The summed E-state index contributed by atoms with van der Waals surface area (Å²) in [6, 6.07) is 7.48. The Hall–Kier alpha value is -4.38. The number of ether oxygens (including phenoxy) is 2. The lowest BCUT2D eigenvalue weighted by Gasteiger charge is -2.20. The van der Waals surface area contributed by atoms with Crippen LogP contribution in [0.4, 0.5) is 17.3 Å². The SMILES string of the molecule is CCc1n[nH]c(CC)c1NC(=O)c1ccn2c1CCc1cnc(Nc3ccc(OCCN(C)C)cc3OC)nc1-2. The molecule has 0 radical (unpaired) electrons. The van der Waals surface area contributed by atoms with Crippen molar-refractivity contribution < 1.29 is 14.3 Å². The van der Waals surface area contributed by atoms with Crippen molar-refractivity contribution in [2.75, 3.05) is 45.0 Å². The molecule has 1 aliphatic heterocycles. The van der Waals surface area contributed by atoms with Crippen LogP contribution in [0.5, 0.6) is 11.5 Å². The van der Waals surface area contributed by atoms with E-state index in [0.717, 1.165) is 71.4 Å². The van der Waals surface area contributed by atoms with E-state index in [9.17, 15) is 4.79 Å². The highest BCUT2D eigenvalue weighted by atomic mass is 16.5. The van der Waals surface area contributed by atoms with E-state index in [1.165, 1.54) is 0 Å². The van der Waals surface area contributed by atoms with Gasteiger partial charge >= 0.3 is 0 Å². The smallest absolute Gasteiger partial charge is 0.257 e. The Morgan fingerprint density at radius 2 is 2.02 bits per heavy atom. The molecule has 5 rings (SSSR count). The maximum Gasteiger partial charge on any atom is 0.257 e. The minimum Gasteiger partial charge on any atom is -0.494 e. The zero-order chi connectivity index (χ0) is 28.2. The van der Waals surface area contributed by atoms with Gasteiger partial charge in [-0.3, -0.25) is 9.89 Å². The number of aromatic nitrogens is 5. The number of hydrogen-bond donors (Lipinski definition) is 3. The van der Waals surface area contributed by atoms with E-state index < -0.39 is 0 Å². The maximum absolute atomic E-state index is 13.4. The number of amides is 1. The third-order valence-corrected chi connectivity index (χ3v) is 7.01. The number of methoxy groups -OCH3 is 1. The van der Waals surface area contributed by atoms with Crippen molar-refractivity contribution in [1.82, 2.24) is 29.6 Å². The van der Waals surface area contributed by atoms with Crippen LogP contribution in [0.15, 0.2) is 36.7 Å². The first-order valence-corrected chi connectivity index (χ1v) is 13.6. The minimum absolute atomic E-state index is 0.145. The van der Waals surface area contributed by atoms with Crippen molar-refractivity contribution >= 4 is 23.2 Å². The Balaban J connectivity index is 1.36. The molecule has 11 heteroatoms. The molecule has 0 saturated heterocycles. The molecule has 3 aromatic heterocycles. The summed E-state index contributed by atoms with van der Waals surface area (Å²) in [4.78, 5) is 24.8. The van der Waals surface area contributed by atoms with Crippen molar-refractivity contribution in [2.24, 2.45) is 0 Å². The number of hydrogen-bond acceptors (Lipinski definition) is 8. The number of anilines is 3. The Morgan fingerprint density at radius 3 is 2.77 bits per heavy atom. The Morgan fingerprint density at radius 1 is 1.18 bits per heavy atom. The molecule has 4 aromatic rings. The largest absolute Gasteiger partial charge is 0.494 e. The number of fused-ring (bicyclic) bond motifs is 3. The molecule has 11 nitrogen and oxygen atoms in total. The highest BCUT2D eigenvalue weighted by Gasteiger charge is 2.25. The van der Waals surface area contributed by atoms with Gasteiger partial charge in [-0.25, -0.2) is 4.98 Å². The molecule has 1 amide bonds. The monoisotopic (exact) mass is 544 g/mol. The number of benzene rings is 1. The number of H-pyrrole nitrogens is 1. The van der Waals surface area contributed by atoms with Gasteiger partial charge in [-0.2, -0.15) is 10.1 Å². The fourth-order valence-electron chi connectivity index (χ4n) is 4.81. The lowest BCUT2D eigenvalue weighted by Crippen LogP contribution is -2.20. The van der Waals surface area contributed by atoms with E-state index in [1.54, 1.807) is 7.11 Å². The standard InChI is InChI=1S/C29H36N8O3/c1-6-21-26(22(7-2)35-34-21)32-28(38)20-12-13-37-24(20)11-8-18-17-30-29(33-27(18)37)31-23-10-9-19(16-25(23)39-5)40-15-14-36(3)4/h9-10,12-13,16-17H,6-8,11,14-15H2,1-5H3,(H,32,38)(H,34,35)(H,30,31,33). The van der Waals surface area contributed by atoms with E-state index >= 15 is 0 Å². The first kappa shape index (κ1) is 27.2. The molecule has 0 aliphatic carbocycles. The summed E-state index contributed by atoms with van der Waals surface area (Å²) in [5.74, 6) is 2.40. The van der Waals surface area contributed by atoms with Gasteiger partial charge in [0.1, 0.15) is 23.9 Å². The zero-order valence-corrected chi connectivity index (χ0v) is 23.7. The molecule has 0 fully saturated rings. The van der Waals surface area contributed by atoms with Gasteiger partial charge in [-0.1, -0.05) is 13.8 Å². The van der Waals surface area contributed by atoms with E-state index in [0.29, 0.717) is 30.3 Å². The predicted octanol–water partition coefficient (Wildman–Crippen LogP) is 4.16. The van der Waals surface area contributed by atoms with Gasteiger partial charge in [-0.15, -0.1) is 0 Å². The van der Waals surface area contributed by atoms with E-state index in [-0.39, 0.29) is 5.91 Å². The topological polar surface area (TPSA) is 122 Å². The number of likely N-dealkylation sites (N-methyl/N-ethyl adjacent to an activating group) is 1. The number of carbonyl (C=O) groups is 1. The van der Waals surface area contributed by atoms with Crippen LogP contribution in [0.3, 0.4) is 0 Å². The fraction of sp³-hybridized carbons (Fsp3) is 0.379. The normalized spacial score (nSPS) is 12.2. The van der Waals surface area contributed by atoms with Crippen LogP contribution in [0, 0.1) is 0 Å². The first-order valence-electron chi connectivity index (χ1n) is 13.6. The molecule has 4 heterocycles. The summed E-state index contributed by atoms with van der Waals surface area (Å²) in [7, 11) is 5.63. The van der Waals surface area contributed by atoms with Gasteiger partial charge < -0.3 is 29.6 Å². The molecule has 0 bridgehead atoms. The highest BCUT2D eigenvalue weighted by molar-refractivity contribution is 6.06. The van der Waals surface area contributed by atoms with Gasteiger partial charge in [-0.05, 0) is 58.0 Å². The van der Waals surface area contributed by atoms with Gasteiger partial charge in [0, 0.05) is 36.3 Å². The van der Waals surface area contributed by atoms with E-state index in [4.69, 9.17) is 14.5 Å². The quantitative estimate of drug-likeness (QED) is 0.257. The molecule has 0 spiro atoms. The molecule has 0 unspecified atom stereocenters. The maximum atomic E-state index is 13.4. The summed E-state index contributed by atoms with van der Waals surface area (Å²) in [5.41, 5.74) is 5.87. The molecule has 3 N–H and O–H groups in total. The Bertz CT molecular complexity index is 1490. The van der Waals surface area contributed by atoms with E-state index in [2.05, 4.69) is 30.7 Å². The number of aromatic amines is 1. The van der Waals surface area contributed by atoms with Crippen LogP contribution >= 0.6 is 0 Å². The molecule has 210 valence electrons. The fourth-order valence-corrected chi connectivity index (χ4v) is 4.81. The number of carbonyl (C=O) groups excluding carboxylic acids is 1. The van der Waals surface area contributed by atoms with Crippen molar-refractivity contribution in [2.45, 2.75) is 39.5 Å². The second kappa shape index (κ2) is 11.8. The molecule has 0 saturated carbocycles. The molecular formula is C29H36N8O3. The summed E-state index contributed by atoms with van der Waals surface area (Å²) in [5, 5.41) is 13.8. The predicted molar refractivity (Wildman–Crippen MR) is 154 cm³/mol. The first-order chi connectivity index (χ1) is 19.4. The minimum atomic E-state index is -0.145. The van der Waals surface area contributed by atoms with Gasteiger partial charge in [0.2, 0.25) is 5.95 Å². The average molecular weight is 545 g/mol. The number of rotatable bonds is 11. The molecule has 0 atom stereocenters. The molecule has 40 heavy (non-hydrogen) atoms. The van der Waals surface area contributed by atoms with Crippen LogP contribution in [0.1, 0.15) is 46.9 Å². The highest BCUT2D eigenvalue weighted by Crippen LogP contribution is 2.32. The number of nitrogens with one attached hydrogen (secondary N) is 3.